The van der Waals surface area contributed by atoms with E-state index >= 15 is 0 Å². The Hall–Kier alpha value is -0.910. The number of aryl methyl sites for hydroxylation is 1. The van der Waals surface area contributed by atoms with Gasteiger partial charge in [0.05, 0.1) is 4.47 Å². The predicted octanol–water partition coefficient (Wildman–Crippen LogP) is 4.17. The molecule has 5 heteroatoms. The molecule has 2 rings (SSSR count). The lowest BCUT2D eigenvalue weighted by molar-refractivity contribution is 0.455. The first-order chi connectivity index (χ1) is 8.60. The van der Waals surface area contributed by atoms with Crippen LogP contribution in [0.15, 0.2) is 39.4 Å². The van der Waals surface area contributed by atoms with Crippen molar-refractivity contribution in [2.45, 2.75) is 13.5 Å². The van der Waals surface area contributed by atoms with E-state index in [9.17, 15) is 0 Å². The van der Waals surface area contributed by atoms with Crippen LogP contribution < -0.4 is 10.5 Å². The third kappa shape index (κ3) is 3.10. The predicted molar refractivity (Wildman–Crippen MR) is 78.8 cm³/mol. The van der Waals surface area contributed by atoms with Crippen LogP contribution in [-0.4, -0.2) is 4.98 Å². The summed E-state index contributed by atoms with van der Waals surface area (Å²) >= 11 is 6.85. The molecule has 1 aromatic heterocycles. The zero-order chi connectivity index (χ0) is 13.1. The maximum absolute atomic E-state index is 5.77. The number of aromatic nitrogens is 1. The summed E-state index contributed by atoms with van der Waals surface area (Å²) in [6.07, 6.45) is 1.73. The van der Waals surface area contributed by atoms with Crippen LogP contribution >= 0.6 is 31.9 Å². The van der Waals surface area contributed by atoms with Crippen molar-refractivity contribution >= 4 is 31.9 Å². The number of pyridine rings is 1. The van der Waals surface area contributed by atoms with E-state index < -0.39 is 0 Å². The normalized spacial score (nSPS) is 10.4. The molecule has 0 aliphatic rings. The fourth-order valence-electron chi connectivity index (χ4n) is 1.50. The largest absolute Gasteiger partial charge is 0.438 e. The Labute approximate surface area is 123 Å². The van der Waals surface area contributed by atoms with Gasteiger partial charge in [-0.25, -0.2) is 4.98 Å². The Morgan fingerprint density at radius 3 is 2.67 bits per heavy atom. The van der Waals surface area contributed by atoms with Gasteiger partial charge in [0.2, 0.25) is 5.88 Å². The van der Waals surface area contributed by atoms with Crippen molar-refractivity contribution in [1.82, 2.24) is 4.98 Å². The molecule has 0 saturated heterocycles. The first-order valence-electron chi connectivity index (χ1n) is 5.38. The van der Waals surface area contributed by atoms with Crippen molar-refractivity contribution in [3.8, 4) is 11.6 Å². The summed E-state index contributed by atoms with van der Waals surface area (Å²) in [4.78, 5) is 4.27. The fraction of sp³-hybridized carbons (Fsp3) is 0.154. The number of hydrogen-bond donors (Lipinski definition) is 1. The first kappa shape index (κ1) is 13.5. The monoisotopic (exact) mass is 370 g/mol. The van der Waals surface area contributed by atoms with E-state index in [1.54, 1.807) is 6.20 Å². The van der Waals surface area contributed by atoms with E-state index in [-0.39, 0.29) is 0 Å². The van der Waals surface area contributed by atoms with Crippen LogP contribution in [-0.2, 0) is 6.54 Å². The highest BCUT2D eigenvalue weighted by Crippen LogP contribution is 2.32. The van der Waals surface area contributed by atoms with Gasteiger partial charge in [-0.15, -0.1) is 0 Å². The molecule has 0 atom stereocenters. The molecule has 0 amide bonds. The standard InChI is InChI=1S/C13H12Br2N2O/c1-8-4-9(6-16)7-17-13(8)18-12-3-2-10(14)5-11(12)15/h2-5,7H,6,16H2,1H3. The molecular weight excluding hydrogens is 360 g/mol. The SMILES string of the molecule is Cc1cc(CN)cnc1Oc1ccc(Br)cc1Br. The number of hydrogen-bond acceptors (Lipinski definition) is 3. The summed E-state index contributed by atoms with van der Waals surface area (Å²) in [7, 11) is 0. The van der Waals surface area contributed by atoms with Crippen molar-refractivity contribution in [1.29, 1.82) is 0 Å². The summed E-state index contributed by atoms with van der Waals surface area (Å²) in [5.74, 6) is 1.32. The number of benzene rings is 1. The summed E-state index contributed by atoms with van der Waals surface area (Å²) in [6.45, 7) is 2.43. The number of ether oxygens (including phenoxy) is 1. The number of nitrogens with zero attached hydrogens (tertiary/aromatic N) is 1. The van der Waals surface area contributed by atoms with Gasteiger partial charge >= 0.3 is 0 Å². The summed E-state index contributed by atoms with van der Waals surface area (Å²) in [6, 6.07) is 7.71. The topological polar surface area (TPSA) is 48.1 Å². The lowest BCUT2D eigenvalue weighted by atomic mass is 10.2. The highest BCUT2D eigenvalue weighted by atomic mass is 79.9. The molecule has 0 aliphatic carbocycles. The zero-order valence-corrected chi connectivity index (χ0v) is 13.0. The molecule has 0 fully saturated rings. The molecule has 0 unspecified atom stereocenters. The molecule has 0 bridgehead atoms. The van der Waals surface area contributed by atoms with Gasteiger partial charge in [-0.3, -0.25) is 0 Å². The van der Waals surface area contributed by atoms with Crippen molar-refractivity contribution < 1.29 is 4.74 Å². The lowest BCUT2D eigenvalue weighted by Crippen LogP contribution is -1.99. The Morgan fingerprint density at radius 2 is 2.06 bits per heavy atom. The van der Waals surface area contributed by atoms with Crippen molar-refractivity contribution in [3.05, 3.63) is 50.5 Å². The average molecular weight is 372 g/mol. The molecule has 3 nitrogen and oxygen atoms in total. The molecule has 2 aromatic rings. The Morgan fingerprint density at radius 1 is 1.28 bits per heavy atom. The summed E-state index contributed by atoms with van der Waals surface area (Å²) < 4.78 is 7.64. The molecule has 2 N–H and O–H groups in total. The molecule has 1 aromatic carbocycles. The maximum Gasteiger partial charge on any atom is 0.222 e. The smallest absolute Gasteiger partial charge is 0.222 e. The average Bonchev–Trinajstić information content (AvgIpc) is 2.34. The van der Waals surface area contributed by atoms with E-state index in [4.69, 9.17) is 10.5 Å². The summed E-state index contributed by atoms with van der Waals surface area (Å²) in [5.41, 5.74) is 7.53. The third-order valence-electron chi connectivity index (χ3n) is 2.42. The van der Waals surface area contributed by atoms with Crippen LogP contribution in [0.2, 0.25) is 0 Å². The molecular formula is C13H12Br2N2O. The molecule has 0 radical (unpaired) electrons. The maximum atomic E-state index is 5.77. The quantitative estimate of drug-likeness (QED) is 0.880. The van der Waals surface area contributed by atoms with Gasteiger partial charge < -0.3 is 10.5 Å². The van der Waals surface area contributed by atoms with Crippen molar-refractivity contribution in [2.75, 3.05) is 0 Å². The Bertz CT molecular complexity index is 573. The minimum Gasteiger partial charge on any atom is -0.438 e. The van der Waals surface area contributed by atoms with Crippen LogP contribution in [0.3, 0.4) is 0 Å². The van der Waals surface area contributed by atoms with Gasteiger partial charge in [0, 0.05) is 22.8 Å². The molecule has 1 heterocycles. The van der Waals surface area contributed by atoms with E-state index in [2.05, 4.69) is 36.8 Å². The van der Waals surface area contributed by atoms with E-state index in [1.807, 2.05) is 31.2 Å². The molecule has 0 aliphatic heterocycles. The fourth-order valence-corrected chi connectivity index (χ4v) is 2.63. The number of nitrogens with two attached hydrogens (primary N) is 1. The second-order valence-corrected chi connectivity index (χ2v) is 5.62. The minimum atomic E-state index is 0.482. The molecule has 0 spiro atoms. The Balaban J connectivity index is 2.28. The van der Waals surface area contributed by atoms with Gasteiger partial charge in [0.25, 0.3) is 0 Å². The number of halogens is 2. The van der Waals surface area contributed by atoms with Crippen LogP contribution in [0.25, 0.3) is 0 Å². The minimum absolute atomic E-state index is 0.482. The first-order valence-corrected chi connectivity index (χ1v) is 6.97. The van der Waals surface area contributed by atoms with E-state index in [0.717, 1.165) is 25.8 Å². The van der Waals surface area contributed by atoms with Crippen LogP contribution in [0.4, 0.5) is 0 Å². The summed E-state index contributed by atoms with van der Waals surface area (Å²) in [5, 5.41) is 0. The second kappa shape index (κ2) is 5.82. The van der Waals surface area contributed by atoms with Crippen molar-refractivity contribution in [3.63, 3.8) is 0 Å². The number of rotatable bonds is 3. The molecule has 94 valence electrons. The highest BCUT2D eigenvalue weighted by Gasteiger charge is 2.07. The second-order valence-electron chi connectivity index (χ2n) is 3.85. The van der Waals surface area contributed by atoms with Gasteiger partial charge in [-0.2, -0.15) is 0 Å². The van der Waals surface area contributed by atoms with Gasteiger partial charge in [-0.05, 0) is 52.7 Å². The van der Waals surface area contributed by atoms with E-state index in [0.29, 0.717) is 12.4 Å². The van der Waals surface area contributed by atoms with Gasteiger partial charge in [-0.1, -0.05) is 15.9 Å². The molecule has 18 heavy (non-hydrogen) atoms. The van der Waals surface area contributed by atoms with Crippen molar-refractivity contribution in [2.24, 2.45) is 5.73 Å². The third-order valence-corrected chi connectivity index (χ3v) is 3.54. The van der Waals surface area contributed by atoms with Gasteiger partial charge in [0.1, 0.15) is 5.75 Å². The Kier molecular flexibility index (Phi) is 4.37. The van der Waals surface area contributed by atoms with Crippen LogP contribution in [0.5, 0.6) is 11.6 Å². The molecule has 0 saturated carbocycles. The highest BCUT2D eigenvalue weighted by molar-refractivity contribution is 9.11. The van der Waals surface area contributed by atoms with Crippen LogP contribution in [0.1, 0.15) is 11.1 Å². The van der Waals surface area contributed by atoms with Crippen LogP contribution in [0, 0.1) is 6.92 Å². The van der Waals surface area contributed by atoms with Gasteiger partial charge in [0.15, 0.2) is 0 Å². The van der Waals surface area contributed by atoms with E-state index in [1.165, 1.54) is 0 Å². The lowest BCUT2D eigenvalue weighted by Gasteiger charge is -2.10. The zero-order valence-electron chi connectivity index (χ0n) is 9.78.